The van der Waals surface area contributed by atoms with Crippen molar-refractivity contribution in [1.29, 1.82) is 0 Å². The van der Waals surface area contributed by atoms with Crippen LogP contribution in [0.1, 0.15) is 23.5 Å². The summed E-state index contributed by atoms with van der Waals surface area (Å²) in [4.78, 5) is 16.8. The Balaban J connectivity index is 2.14. The summed E-state index contributed by atoms with van der Waals surface area (Å²) in [5.41, 5.74) is 1.89. The fraction of sp³-hybridized carbons (Fsp3) is 0.222. The van der Waals surface area contributed by atoms with Crippen molar-refractivity contribution in [3.05, 3.63) is 70.8 Å². The number of benzene rings is 1. The number of pyridine rings is 1. The highest BCUT2D eigenvalue weighted by molar-refractivity contribution is 9.10. The first-order chi connectivity index (χ1) is 10.6. The van der Waals surface area contributed by atoms with Gasteiger partial charge in [0.1, 0.15) is 5.78 Å². The minimum atomic E-state index is -0.173. The van der Waals surface area contributed by atoms with E-state index in [1.165, 1.54) is 0 Å². The number of carbonyl (C=O) groups is 1. The second kappa shape index (κ2) is 7.90. The van der Waals surface area contributed by atoms with Crippen LogP contribution in [0, 0.1) is 0 Å². The Hall–Kier alpha value is -1.94. The van der Waals surface area contributed by atoms with Crippen molar-refractivity contribution < 1.29 is 9.53 Å². The molecule has 0 fully saturated rings. The fourth-order valence-electron chi connectivity index (χ4n) is 2.28. The smallest absolute Gasteiger partial charge is 0.212 e. The average Bonchev–Trinajstić information content (AvgIpc) is 2.54. The Bertz CT molecular complexity index is 635. The standard InChI is InChI=1S/C18H18BrNO2/c1-3-4-16(14-6-8-15(19)9-7-14)17(21)11-13-5-10-18(22-2)20-12-13/h3,5-10,12,16H,1,4,11H2,2H3. The van der Waals surface area contributed by atoms with Gasteiger partial charge in [-0.25, -0.2) is 4.98 Å². The van der Waals surface area contributed by atoms with Gasteiger partial charge in [-0.15, -0.1) is 6.58 Å². The summed E-state index contributed by atoms with van der Waals surface area (Å²) in [5, 5.41) is 0. The van der Waals surface area contributed by atoms with Gasteiger partial charge in [0.05, 0.1) is 7.11 Å². The molecule has 0 saturated carbocycles. The van der Waals surface area contributed by atoms with E-state index in [4.69, 9.17) is 4.74 Å². The number of allylic oxidation sites excluding steroid dienone is 1. The van der Waals surface area contributed by atoms with E-state index in [0.29, 0.717) is 18.7 Å². The van der Waals surface area contributed by atoms with Gasteiger partial charge in [0, 0.05) is 29.1 Å². The number of Topliss-reactive ketones (excluding diaryl/α,β-unsaturated/α-hetero) is 1. The largest absolute Gasteiger partial charge is 0.481 e. The Morgan fingerprint density at radius 1 is 1.32 bits per heavy atom. The summed E-state index contributed by atoms with van der Waals surface area (Å²) in [6, 6.07) is 11.5. The Kier molecular flexibility index (Phi) is 5.90. The molecule has 0 radical (unpaired) electrons. The molecular formula is C18H18BrNO2. The van der Waals surface area contributed by atoms with E-state index in [2.05, 4.69) is 27.5 Å². The van der Waals surface area contributed by atoms with E-state index < -0.39 is 0 Å². The molecule has 1 atom stereocenters. The molecule has 3 nitrogen and oxygen atoms in total. The Labute approximate surface area is 139 Å². The third-order valence-corrected chi connectivity index (χ3v) is 3.98. The lowest BCUT2D eigenvalue weighted by atomic mass is 9.89. The molecule has 1 aromatic carbocycles. The first-order valence-electron chi connectivity index (χ1n) is 7.02. The van der Waals surface area contributed by atoms with Crippen molar-refractivity contribution >= 4 is 21.7 Å². The molecule has 4 heteroatoms. The minimum absolute atomic E-state index is 0.161. The summed E-state index contributed by atoms with van der Waals surface area (Å²) in [6.07, 6.45) is 4.45. The zero-order valence-corrected chi connectivity index (χ0v) is 14.0. The summed E-state index contributed by atoms with van der Waals surface area (Å²) in [7, 11) is 1.57. The van der Waals surface area contributed by atoms with Gasteiger partial charge in [-0.05, 0) is 29.7 Å². The average molecular weight is 360 g/mol. The lowest BCUT2D eigenvalue weighted by molar-refractivity contribution is -0.119. The van der Waals surface area contributed by atoms with Gasteiger partial charge in [-0.3, -0.25) is 4.79 Å². The molecule has 2 rings (SSSR count). The number of methoxy groups -OCH3 is 1. The first kappa shape index (κ1) is 16.4. The van der Waals surface area contributed by atoms with Crippen LogP contribution in [0.4, 0.5) is 0 Å². The lowest BCUT2D eigenvalue weighted by Crippen LogP contribution is -2.15. The third-order valence-electron chi connectivity index (χ3n) is 3.45. The highest BCUT2D eigenvalue weighted by Crippen LogP contribution is 2.25. The summed E-state index contributed by atoms with van der Waals surface area (Å²) in [6.45, 7) is 3.77. The number of ether oxygens (including phenoxy) is 1. The van der Waals surface area contributed by atoms with Gasteiger partial charge in [0.15, 0.2) is 0 Å². The monoisotopic (exact) mass is 359 g/mol. The van der Waals surface area contributed by atoms with E-state index in [0.717, 1.165) is 15.6 Å². The first-order valence-corrected chi connectivity index (χ1v) is 7.81. The van der Waals surface area contributed by atoms with Crippen molar-refractivity contribution in [1.82, 2.24) is 4.98 Å². The van der Waals surface area contributed by atoms with E-state index in [1.807, 2.05) is 30.3 Å². The van der Waals surface area contributed by atoms with Crippen LogP contribution in [0.5, 0.6) is 5.88 Å². The van der Waals surface area contributed by atoms with E-state index in [-0.39, 0.29) is 11.7 Å². The van der Waals surface area contributed by atoms with Crippen LogP contribution in [-0.2, 0) is 11.2 Å². The van der Waals surface area contributed by atoms with Gasteiger partial charge in [-0.2, -0.15) is 0 Å². The molecule has 0 aliphatic rings. The topological polar surface area (TPSA) is 39.2 Å². The third kappa shape index (κ3) is 4.28. The summed E-state index contributed by atoms with van der Waals surface area (Å²) >= 11 is 3.41. The number of rotatable bonds is 7. The highest BCUT2D eigenvalue weighted by atomic mass is 79.9. The highest BCUT2D eigenvalue weighted by Gasteiger charge is 2.19. The van der Waals surface area contributed by atoms with Gasteiger partial charge >= 0.3 is 0 Å². The molecule has 0 aliphatic heterocycles. The number of halogens is 1. The fourth-order valence-corrected chi connectivity index (χ4v) is 2.54. The van der Waals surface area contributed by atoms with Crippen LogP contribution in [-0.4, -0.2) is 17.9 Å². The van der Waals surface area contributed by atoms with E-state index in [9.17, 15) is 4.79 Å². The van der Waals surface area contributed by atoms with Gasteiger partial charge in [0.25, 0.3) is 0 Å². The number of ketones is 1. The molecule has 0 amide bonds. The van der Waals surface area contributed by atoms with Gasteiger partial charge in [-0.1, -0.05) is 40.2 Å². The normalized spacial score (nSPS) is 11.7. The number of hydrogen-bond donors (Lipinski definition) is 0. The maximum Gasteiger partial charge on any atom is 0.212 e. The molecule has 22 heavy (non-hydrogen) atoms. The van der Waals surface area contributed by atoms with Crippen LogP contribution in [0.3, 0.4) is 0 Å². The molecule has 0 spiro atoms. The second-order valence-corrected chi connectivity index (χ2v) is 5.90. The van der Waals surface area contributed by atoms with Crippen molar-refractivity contribution in [2.75, 3.05) is 7.11 Å². The minimum Gasteiger partial charge on any atom is -0.481 e. The molecule has 0 N–H and O–H groups in total. The van der Waals surface area contributed by atoms with Crippen molar-refractivity contribution in [3.63, 3.8) is 0 Å². The van der Waals surface area contributed by atoms with Crippen LogP contribution < -0.4 is 4.74 Å². The molecular weight excluding hydrogens is 342 g/mol. The number of aromatic nitrogens is 1. The maximum atomic E-state index is 12.6. The number of hydrogen-bond acceptors (Lipinski definition) is 3. The zero-order chi connectivity index (χ0) is 15.9. The molecule has 1 heterocycles. The number of carbonyl (C=O) groups excluding carboxylic acids is 1. The molecule has 0 aliphatic carbocycles. The Morgan fingerprint density at radius 2 is 2.05 bits per heavy atom. The van der Waals surface area contributed by atoms with Crippen LogP contribution >= 0.6 is 15.9 Å². The van der Waals surface area contributed by atoms with Crippen molar-refractivity contribution in [2.45, 2.75) is 18.8 Å². The summed E-state index contributed by atoms with van der Waals surface area (Å²) in [5.74, 6) is 0.536. The number of nitrogens with zero attached hydrogens (tertiary/aromatic N) is 1. The van der Waals surface area contributed by atoms with E-state index >= 15 is 0 Å². The Morgan fingerprint density at radius 3 is 2.59 bits per heavy atom. The summed E-state index contributed by atoms with van der Waals surface area (Å²) < 4.78 is 6.03. The van der Waals surface area contributed by atoms with Gasteiger partial charge < -0.3 is 4.74 Å². The molecule has 0 bridgehead atoms. The molecule has 1 unspecified atom stereocenters. The van der Waals surface area contributed by atoms with Crippen molar-refractivity contribution in [3.8, 4) is 5.88 Å². The molecule has 1 aromatic heterocycles. The van der Waals surface area contributed by atoms with Crippen LogP contribution in [0.2, 0.25) is 0 Å². The second-order valence-electron chi connectivity index (χ2n) is 4.98. The van der Waals surface area contributed by atoms with Crippen molar-refractivity contribution in [2.24, 2.45) is 0 Å². The van der Waals surface area contributed by atoms with Crippen LogP contribution in [0.15, 0.2) is 59.7 Å². The van der Waals surface area contributed by atoms with E-state index in [1.54, 1.807) is 25.4 Å². The SMILES string of the molecule is C=CCC(C(=O)Cc1ccc(OC)nc1)c1ccc(Br)cc1. The zero-order valence-electron chi connectivity index (χ0n) is 12.5. The molecule has 2 aromatic rings. The maximum absolute atomic E-state index is 12.6. The molecule has 0 saturated heterocycles. The lowest BCUT2D eigenvalue weighted by Gasteiger charge is -2.15. The predicted molar refractivity (Wildman–Crippen MR) is 91.2 cm³/mol. The quantitative estimate of drug-likeness (QED) is 0.690. The molecule has 114 valence electrons. The predicted octanol–water partition coefficient (Wildman–Crippen LogP) is 4.32. The van der Waals surface area contributed by atoms with Gasteiger partial charge in [0.2, 0.25) is 5.88 Å². The van der Waals surface area contributed by atoms with Crippen LogP contribution in [0.25, 0.3) is 0 Å².